The maximum Gasteiger partial charge on any atom is 0.335 e. The Labute approximate surface area is 115 Å². The molecule has 0 unspecified atom stereocenters. The number of rotatable bonds is 3. The number of hydrogen-bond acceptors (Lipinski definition) is 2. The lowest BCUT2D eigenvalue weighted by molar-refractivity contribution is 0.0696. The summed E-state index contributed by atoms with van der Waals surface area (Å²) in [4.78, 5) is 21.9. The summed E-state index contributed by atoms with van der Waals surface area (Å²) in [6.07, 6.45) is 0. The molecule has 0 bridgehead atoms. The molecule has 2 aromatic carbocycles. The molecule has 0 spiro atoms. The van der Waals surface area contributed by atoms with Crippen LogP contribution in [-0.4, -0.2) is 22.2 Å². The zero-order valence-electron chi connectivity index (χ0n) is 9.74. The molecule has 98 valence electrons. The molecule has 0 aliphatic heterocycles. The van der Waals surface area contributed by atoms with Crippen molar-refractivity contribution in [3.05, 3.63) is 59.7 Å². The molecule has 0 radical (unpaired) electrons. The van der Waals surface area contributed by atoms with Gasteiger partial charge in [0.15, 0.2) is 0 Å². The highest BCUT2D eigenvalue weighted by Gasteiger charge is 2.11. The summed E-state index contributed by atoms with van der Waals surface area (Å²) in [6.45, 7) is 0. The molecule has 0 fully saturated rings. The van der Waals surface area contributed by atoms with Gasteiger partial charge in [0.25, 0.3) is 0 Å². The van der Waals surface area contributed by atoms with E-state index < -0.39 is 11.9 Å². The molecule has 0 amide bonds. The van der Waals surface area contributed by atoms with Crippen molar-refractivity contribution in [2.75, 3.05) is 0 Å². The number of halogens is 1. The quantitative estimate of drug-likeness (QED) is 0.904. The molecule has 0 saturated heterocycles. The minimum atomic E-state index is -1.14. The Morgan fingerprint density at radius 1 is 0.737 bits per heavy atom. The van der Waals surface area contributed by atoms with Gasteiger partial charge in [-0.3, -0.25) is 0 Å². The number of carbonyl (C=O) groups is 2. The van der Waals surface area contributed by atoms with Crippen molar-refractivity contribution in [3.63, 3.8) is 0 Å². The lowest BCUT2D eigenvalue weighted by Gasteiger charge is -2.05. The zero-order chi connectivity index (χ0) is 13.1. The number of hydrogen-bond donors (Lipinski definition) is 2. The second-order valence-corrected chi connectivity index (χ2v) is 3.78. The predicted molar refractivity (Wildman–Crippen MR) is 73.0 cm³/mol. The Kier molecular flexibility index (Phi) is 4.67. The maximum atomic E-state index is 11.0. The molecule has 2 N–H and O–H groups in total. The standard InChI is InChI=1S/C14H10O4.ClH/c15-13(16)11-6-10(7-12(8-11)14(17)18)9-4-2-1-3-5-9;/h1-8H,(H,15,16)(H,17,18);1H. The highest BCUT2D eigenvalue weighted by molar-refractivity contribution is 5.96. The first-order chi connectivity index (χ1) is 8.58. The second-order valence-electron chi connectivity index (χ2n) is 3.78. The van der Waals surface area contributed by atoms with E-state index in [1.165, 1.54) is 12.1 Å². The minimum absolute atomic E-state index is 0. The summed E-state index contributed by atoms with van der Waals surface area (Å²) >= 11 is 0. The monoisotopic (exact) mass is 278 g/mol. The van der Waals surface area contributed by atoms with Crippen LogP contribution in [0.25, 0.3) is 11.1 Å². The van der Waals surface area contributed by atoms with Crippen molar-refractivity contribution < 1.29 is 19.8 Å². The number of aromatic carboxylic acids is 2. The first-order valence-corrected chi connectivity index (χ1v) is 5.25. The normalized spacial score (nSPS) is 9.47. The van der Waals surface area contributed by atoms with E-state index in [0.717, 1.165) is 11.6 Å². The Morgan fingerprint density at radius 3 is 1.63 bits per heavy atom. The molecule has 0 aromatic heterocycles. The van der Waals surface area contributed by atoms with Crippen molar-refractivity contribution in [1.82, 2.24) is 0 Å². The molecular formula is C14H11ClO4. The lowest BCUT2D eigenvalue weighted by Crippen LogP contribution is -2.02. The van der Waals surface area contributed by atoms with E-state index in [9.17, 15) is 9.59 Å². The number of benzene rings is 2. The van der Waals surface area contributed by atoms with Gasteiger partial charge in [-0.2, -0.15) is 0 Å². The van der Waals surface area contributed by atoms with Crippen molar-refractivity contribution in [2.24, 2.45) is 0 Å². The van der Waals surface area contributed by atoms with Gasteiger partial charge in [-0.15, -0.1) is 12.4 Å². The van der Waals surface area contributed by atoms with Gasteiger partial charge in [0, 0.05) is 0 Å². The predicted octanol–water partition coefficient (Wildman–Crippen LogP) is 3.17. The summed E-state index contributed by atoms with van der Waals surface area (Å²) in [6, 6.07) is 13.1. The molecule has 0 atom stereocenters. The van der Waals surface area contributed by atoms with E-state index >= 15 is 0 Å². The van der Waals surface area contributed by atoms with Gasteiger partial charge < -0.3 is 10.2 Å². The van der Waals surface area contributed by atoms with Crippen molar-refractivity contribution in [1.29, 1.82) is 0 Å². The first-order valence-electron chi connectivity index (χ1n) is 5.25. The average Bonchev–Trinajstić information content (AvgIpc) is 2.39. The largest absolute Gasteiger partial charge is 0.478 e. The number of carboxylic acids is 2. The van der Waals surface area contributed by atoms with Crippen LogP contribution in [0, 0.1) is 0 Å². The zero-order valence-corrected chi connectivity index (χ0v) is 10.6. The highest BCUT2D eigenvalue weighted by atomic mass is 35.5. The third kappa shape index (κ3) is 3.33. The Bertz CT molecular complexity index is 576. The van der Waals surface area contributed by atoms with Crippen LogP contribution < -0.4 is 0 Å². The van der Waals surface area contributed by atoms with Gasteiger partial charge >= 0.3 is 11.9 Å². The Morgan fingerprint density at radius 2 is 1.21 bits per heavy atom. The molecule has 0 aliphatic carbocycles. The van der Waals surface area contributed by atoms with Crippen LogP contribution in [0.5, 0.6) is 0 Å². The Balaban J connectivity index is 0.00000180. The highest BCUT2D eigenvalue weighted by Crippen LogP contribution is 2.22. The van der Waals surface area contributed by atoms with E-state index in [1.807, 2.05) is 18.2 Å². The van der Waals surface area contributed by atoms with E-state index in [-0.39, 0.29) is 23.5 Å². The molecule has 2 aromatic rings. The molecule has 2 rings (SSSR count). The van der Waals surface area contributed by atoms with E-state index in [1.54, 1.807) is 12.1 Å². The summed E-state index contributed by atoms with van der Waals surface area (Å²) in [5.74, 6) is -2.29. The van der Waals surface area contributed by atoms with Gasteiger partial charge in [0.1, 0.15) is 0 Å². The molecule has 4 nitrogen and oxygen atoms in total. The Hall–Kier alpha value is -2.33. The topological polar surface area (TPSA) is 74.6 Å². The summed E-state index contributed by atoms with van der Waals surface area (Å²) < 4.78 is 0. The van der Waals surface area contributed by atoms with Crippen molar-refractivity contribution >= 4 is 24.3 Å². The smallest absolute Gasteiger partial charge is 0.335 e. The SMILES string of the molecule is Cl.O=C(O)c1cc(C(=O)O)cc(-c2ccccc2)c1. The van der Waals surface area contributed by atoms with Gasteiger partial charge in [-0.1, -0.05) is 30.3 Å². The molecule has 5 heteroatoms. The third-order valence-electron chi connectivity index (χ3n) is 2.53. The molecule has 0 heterocycles. The second kappa shape index (κ2) is 6.02. The molecule has 0 aliphatic rings. The lowest BCUT2D eigenvalue weighted by atomic mass is 10.00. The molecule has 19 heavy (non-hydrogen) atoms. The van der Waals surface area contributed by atoms with Gasteiger partial charge in [0.2, 0.25) is 0 Å². The average molecular weight is 279 g/mol. The summed E-state index contributed by atoms with van der Waals surface area (Å²) in [7, 11) is 0. The first kappa shape index (κ1) is 14.7. The van der Waals surface area contributed by atoms with Crippen LogP contribution in [0.4, 0.5) is 0 Å². The van der Waals surface area contributed by atoms with Crippen LogP contribution >= 0.6 is 12.4 Å². The van der Waals surface area contributed by atoms with E-state index in [4.69, 9.17) is 10.2 Å². The van der Waals surface area contributed by atoms with Crippen LogP contribution in [0.1, 0.15) is 20.7 Å². The van der Waals surface area contributed by atoms with Crippen LogP contribution in [0.2, 0.25) is 0 Å². The summed E-state index contributed by atoms with van der Waals surface area (Å²) in [5.41, 5.74) is 1.29. The number of carboxylic acid groups (broad SMARTS) is 2. The van der Waals surface area contributed by atoms with Gasteiger partial charge in [0.05, 0.1) is 11.1 Å². The van der Waals surface area contributed by atoms with Crippen molar-refractivity contribution in [3.8, 4) is 11.1 Å². The minimum Gasteiger partial charge on any atom is -0.478 e. The fourth-order valence-corrected chi connectivity index (χ4v) is 1.67. The van der Waals surface area contributed by atoms with Gasteiger partial charge in [-0.25, -0.2) is 9.59 Å². The van der Waals surface area contributed by atoms with E-state index in [2.05, 4.69) is 0 Å². The fraction of sp³-hybridized carbons (Fsp3) is 0. The maximum absolute atomic E-state index is 11.0. The van der Waals surface area contributed by atoms with Crippen LogP contribution in [0.3, 0.4) is 0 Å². The third-order valence-corrected chi connectivity index (χ3v) is 2.53. The van der Waals surface area contributed by atoms with Crippen LogP contribution in [-0.2, 0) is 0 Å². The van der Waals surface area contributed by atoms with Gasteiger partial charge in [-0.05, 0) is 29.3 Å². The summed E-state index contributed by atoms with van der Waals surface area (Å²) in [5, 5.41) is 17.9. The van der Waals surface area contributed by atoms with E-state index in [0.29, 0.717) is 5.56 Å². The molecular weight excluding hydrogens is 268 g/mol. The van der Waals surface area contributed by atoms with Crippen molar-refractivity contribution in [2.45, 2.75) is 0 Å². The van der Waals surface area contributed by atoms with Crippen LogP contribution in [0.15, 0.2) is 48.5 Å². The fourth-order valence-electron chi connectivity index (χ4n) is 1.67. The molecule has 0 saturated carbocycles.